The van der Waals surface area contributed by atoms with E-state index in [9.17, 15) is 24.0 Å². The maximum Gasteiger partial charge on any atom is 0.315 e. The maximum absolute atomic E-state index is 12.8. The molecule has 0 saturated carbocycles. The van der Waals surface area contributed by atoms with Gasteiger partial charge in [0.1, 0.15) is 5.54 Å². The third-order valence-corrected chi connectivity index (χ3v) is 2.55. The molecule has 3 N–H and O–H groups in total. The van der Waals surface area contributed by atoms with Crippen molar-refractivity contribution < 1.29 is 23.5 Å². The van der Waals surface area contributed by atoms with E-state index in [1.807, 2.05) is 0 Å². The molecular weight excluding hydrogens is 250 g/mol. The van der Waals surface area contributed by atoms with Gasteiger partial charge in [-0.2, -0.15) is 0 Å². The Morgan fingerprint density at radius 2 is 2.11 bits per heavy atom. The van der Waals surface area contributed by atoms with Crippen LogP contribution in [-0.2, 0) is 5.54 Å². The van der Waals surface area contributed by atoms with Gasteiger partial charge in [0.2, 0.25) is 5.75 Å². The van der Waals surface area contributed by atoms with Crippen molar-refractivity contribution in [2.45, 2.75) is 18.9 Å². The number of methoxy groups -OCH3 is 1. The Morgan fingerprint density at radius 3 is 2.50 bits per heavy atom. The zero-order valence-electron chi connectivity index (χ0n) is 9.68. The molecule has 0 radical (unpaired) electrons. The molecule has 0 bridgehead atoms. The number of nitrogens with zero attached hydrogens (tertiary/aromatic N) is 1. The standard InChI is InChI=1S/C10H12F2N2O4/c1-10(13,9(11)12)5-3-6(14(16)17)8(15)7(4-5)18-2/h3-4,9,15H,13H2,1-2H3. The van der Waals surface area contributed by atoms with E-state index in [0.717, 1.165) is 26.2 Å². The first-order valence-corrected chi connectivity index (χ1v) is 4.84. The number of benzene rings is 1. The Bertz CT molecular complexity index is 477. The maximum atomic E-state index is 12.8. The van der Waals surface area contributed by atoms with Crippen molar-refractivity contribution >= 4 is 5.69 Å². The molecule has 0 aromatic heterocycles. The summed E-state index contributed by atoms with van der Waals surface area (Å²) in [6.07, 6.45) is -2.92. The number of phenols is 1. The van der Waals surface area contributed by atoms with Gasteiger partial charge in [0.15, 0.2) is 5.75 Å². The number of rotatable bonds is 4. The van der Waals surface area contributed by atoms with Gasteiger partial charge in [0.05, 0.1) is 12.0 Å². The molecule has 0 heterocycles. The van der Waals surface area contributed by atoms with E-state index in [-0.39, 0.29) is 11.3 Å². The van der Waals surface area contributed by atoms with Crippen molar-refractivity contribution in [2.75, 3.05) is 7.11 Å². The number of nitro groups is 1. The van der Waals surface area contributed by atoms with Crippen LogP contribution in [0.5, 0.6) is 11.5 Å². The molecule has 1 atom stereocenters. The molecule has 0 fully saturated rings. The first-order chi connectivity index (χ1) is 8.21. The van der Waals surface area contributed by atoms with Crippen LogP contribution < -0.4 is 10.5 Å². The summed E-state index contributed by atoms with van der Waals surface area (Å²) in [4.78, 5) is 9.80. The van der Waals surface area contributed by atoms with E-state index >= 15 is 0 Å². The molecule has 8 heteroatoms. The molecule has 0 amide bonds. The Kier molecular flexibility index (Phi) is 3.70. The average molecular weight is 262 g/mol. The van der Waals surface area contributed by atoms with E-state index in [1.165, 1.54) is 0 Å². The highest BCUT2D eigenvalue weighted by Gasteiger charge is 2.35. The van der Waals surface area contributed by atoms with Gasteiger partial charge in [0.25, 0.3) is 6.43 Å². The van der Waals surface area contributed by atoms with Crippen molar-refractivity contribution in [1.29, 1.82) is 0 Å². The number of alkyl halides is 2. The molecule has 1 rings (SSSR count). The SMILES string of the molecule is COc1cc(C(C)(N)C(F)F)cc([N+](=O)[O-])c1O. The van der Waals surface area contributed by atoms with Crippen molar-refractivity contribution in [3.63, 3.8) is 0 Å². The fourth-order valence-electron chi connectivity index (χ4n) is 1.32. The minimum absolute atomic E-state index is 0.196. The average Bonchev–Trinajstić information content (AvgIpc) is 2.28. The summed E-state index contributed by atoms with van der Waals surface area (Å²) in [5.74, 6) is -1.01. The molecule has 18 heavy (non-hydrogen) atoms. The molecule has 1 aromatic carbocycles. The second-order valence-electron chi connectivity index (χ2n) is 3.89. The van der Waals surface area contributed by atoms with E-state index in [1.54, 1.807) is 0 Å². The predicted octanol–water partition coefficient (Wildman–Crippen LogP) is 1.75. The molecule has 0 spiro atoms. The highest BCUT2D eigenvalue weighted by molar-refractivity contribution is 5.58. The molecule has 1 aromatic rings. The topological polar surface area (TPSA) is 98.6 Å². The summed E-state index contributed by atoms with van der Waals surface area (Å²) in [5, 5.41) is 20.2. The number of halogens is 2. The lowest BCUT2D eigenvalue weighted by molar-refractivity contribution is -0.386. The first kappa shape index (κ1) is 14.1. The quantitative estimate of drug-likeness (QED) is 0.636. The molecule has 1 unspecified atom stereocenters. The van der Waals surface area contributed by atoms with Crippen LogP contribution in [0.3, 0.4) is 0 Å². The van der Waals surface area contributed by atoms with Gasteiger partial charge >= 0.3 is 5.69 Å². The van der Waals surface area contributed by atoms with Gasteiger partial charge in [-0.05, 0) is 18.6 Å². The van der Waals surface area contributed by atoms with E-state index in [4.69, 9.17) is 10.5 Å². The third-order valence-electron chi connectivity index (χ3n) is 2.55. The lowest BCUT2D eigenvalue weighted by atomic mass is 9.93. The van der Waals surface area contributed by atoms with Crippen LogP contribution in [0.2, 0.25) is 0 Å². The van der Waals surface area contributed by atoms with Gasteiger partial charge in [-0.1, -0.05) is 0 Å². The highest BCUT2D eigenvalue weighted by atomic mass is 19.3. The Morgan fingerprint density at radius 1 is 1.56 bits per heavy atom. The van der Waals surface area contributed by atoms with Gasteiger partial charge in [0, 0.05) is 6.07 Å². The summed E-state index contributed by atoms with van der Waals surface area (Å²) >= 11 is 0. The van der Waals surface area contributed by atoms with Gasteiger partial charge in [-0.15, -0.1) is 0 Å². The summed E-state index contributed by atoms with van der Waals surface area (Å²) in [7, 11) is 1.15. The molecule has 6 nitrogen and oxygen atoms in total. The van der Waals surface area contributed by atoms with Crippen molar-refractivity contribution in [1.82, 2.24) is 0 Å². The fourth-order valence-corrected chi connectivity index (χ4v) is 1.32. The normalized spacial score (nSPS) is 14.3. The molecule has 0 aliphatic carbocycles. The van der Waals surface area contributed by atoms with E-state index < -0.39 is 28.3 Å². The number of aromatic hydroxyl groups is 1. The van der Waals surface area contributed by atoms with Crippen LogP contribution in [0.25, 0.3) is 0 Å². The number of phenolic OH excluding ortho intramolecular Hbond substituents is 1. The molecular formula is C10H12F2N2O4. The van der Waals surface area contributed by atoms with Crippen LogP contribution in [0.1, 0.15) is 12.5 Å². The molecule has 0 aliphatic rings. The van der Waals surface area contributed by atoms with Crippen LogP contribution >= 0.6 is 0 Å². The zero-order chi connectivity index (χ0) is 14.1. The van der Waals surface area contributed by atoms with Crippen LogP contribution in [0, 0.1) is 10.1 Å². The number of ether oxygens (including phenoxy) is 1. The summed E-state index contributed by atoms with van der Waals surface area (Å²) in [6.45, 7) is 1.03. The van der Waals surface area contributed by atoms with Gasteiger partial charge in [-0.3, -0.25) is 10.1 Å². The monoisotopic (exact) mass is 262 g/mol. The number of nitrogens with two attached hydrogens (primary N) is 1. The Labute approximate surface area is 101 Å². The summed E-state index contributed by atoms with van der Waals surface area (Å²) in [6, 6.07) is 1.86. The smallest absolute Gasteiger partial charge is 0.315 e. The van der Waals surface area contributed by atoms with Crippen LogP contribution in [0.15, 0.2) is 12.1 Å². The largest absolute Gasteiger partial charge is 0.500 e. The zero-order valence-corrected chi connectivity index (χ0v) is 9.68. The lowest BCUT2D eigenvalue weighted by Crippen LogP contribution is -2.40. The number of nitro benzene ring substituents is 1. The minimum atomic E-state index is -2.92. The van der Waals surface area contributed by atoms with E-state index in [0.29, 0.717) is 0 Å². The lowest BCUT2D eigenvalue weighted by Gasteiger charge is -2.24. The Balaban J connectivity index is 3.48. The van der Waals surface area contributed by atoms with Gasteiger partial charge < -0.3 is 15.6 Å². The molecule has 100 valence electrons. The van der Waals surface area contributed by atoms with E-state index in [2.05, 4.69) is 0 Å². The summed E-state index contributed by atoms with van der Waals surface area (Å²) < 4.78 is 30.2. The minimum Gasteiger partial charge on any atom is -0.500 e. The molecule has 0 aliphatic heterocycles. The number of hydrogen-bond donors (Lipinski definition) is 2. The predicted molar refractivity (Wildman–Crippen MR) is 58.9 cm³/mol. The first-order valence-electron chi connectivity index (χ1n) is 4.84. The number of hydrogen-bond acceptors (Lipinski definition) is 5. The fraction of sp³-hybridized carbons (Fsp3) is 0.400. The second kappa shape index (κ2) is 4.73. The third kappa shape index (κ3) is 2.33. The van der Waals surface area contributed by atoms with Gasteiger partial charge in [-0.25, -0.2) is 8.78 Å². The van der Waals surface area contributed by atoms with Crippen molar-refractivity contribution in [3.05, 3.63) is 27.8 Å². The highest BCUT2D eigenvalue weighted by Crippen LogP contribution is 2.40. The van der Waals surface area contributed by atoms with Crippen molar-refractivity contribution in [2.24, 2.45) is 5.73 Å². The summed E-state index contributed by atoms with van der Waals surface area (Å²) in [5.41, 5.74) is 2.41. The second-order valence-corrected chi connectivity index (χ2v) is 3.89. The van der Waals surface area contributed by atoms with Crippen LogP contribution in [-0.4, -0.2) is 23.6 Å². The molecule has 0 saturated heterocycles. The Hall–Kier alpha value is -1.96. The van der Waals surface area contributed by atoms with Crippen molar-refractivity contribution in [3.8, 4) is 11.5 Å². The van der Waals surface area contributed by atoms with Crippen LogP contribution in [0.4, 0.5) is 14.5 Å².